The Bertz CT molecular complexity index is 468. The molecule has 0 amide bonds. The van der Waals surface area contributed by atoms with Gasteiger partial charge in [-0.05, 0) is 13.0 Å². The molecule has 1 unspecified atom stereocenters. The third kappa shape index (κ3) is 6.36. The number of rotatable bonds is 8. The van der Waals surface area contributed by atoms with E-state index in [2.05, 4.69) is 34.7 Å². The maximum absolute atomic E-state index is 11.3. The number of carbonyl (C=O) groups excluding carboxylic acids is 1. The molecule has 0 radical (unpaired) electrons. The van der Waals surface area contributed by atoms with E-state index in [1.807, 2.05) is 0 Å². The normalized spacial score (nSPS) is 14.8. The highest BCUT2D eigenvalue weighted by molar-refractivity contribution is 6.76. The summed E-state index contributed by atoms with van der Waals surface area (Å²) in [5.74, 6) is -0.374. The first-order chi connectivity index (χ1) is 9.64. The largest absolute Gasteiger partial charge is 0.469 e. The highest BCUT2D eigenvalue weighted by Crippen LogP contribution is 2.19. The second kappa shape index (κ2) is 7.14. The molecule has 0 aliphatic heterocycles. The lowest BCUT2D eigenvalue weighted by molar-refractivity contribution is -0.142. The third-order valence-electron chi connectivity index (χ3n) is 3.08. The monoisotopic (exact) mass is 314 g/mol. The fourth-order valence-corrected chi connectivity index (χ4v) is 2.38. The highest BCUT2D eigenvalue weighted by Gasteiger charge is 2.28. The molecule has 1 aromatic heterocycles. The van der Waals surface area contributed by atoms with Gasteiger partial charge in [-0.1, -0.05) is 24.9 Å². The van der Waals surface area contributed by atoms with Crippen LogP contribution in [0.25, 0.3) is 0 Å². The van der Waals surface area contributed by atoms with E-state index in [0.717, 1.165) is 6.04 Å². The van der Waals surface area contributed by atoms with Gasteiger partial charge in [0, 0.05) is 14.7 Å². The zero-order chi connectivity index (χ0) is 16.1. The number of aromatic nitrogens is 3. The second-order valence-corrected chi connectivity index (χ2v) is 12.3. The van der Waals surface area contributed by atoms with Crippen LogP contribution in [-0.4, -0.2) is 42.8 Å². The Labute approximate surface area is 126 Å². The smallest absolute Gasteiger partial charge is 0.307 e. The number of nitrogens with zero attached hydrogens (tertiary/aromatic N) is 3. The van der Waals surface area contributed by atoms with Gasteiger partial charge in [-0.25, -0.2) is 4.68 Å². The standard InChI is InChI=1S/C13H26N4O3Si/c1-13(14,8-12(18)19-2)11-9-17(16-15-11)10-20-6-7-21(3,4)5/h9H,6-8,10,14H2,1-5H3. The number of hydrogen-bond acceptors (Lipinski definition) is 6. The van der Waals surface area contributed by atoms with Gasteiger partial charge in [0.05, 0.1) is 25.3 Å². The van der Waals surface area contributed by atoms with E-state index in [-0.39, 0.29) is 12.4 Å². The molecule has 120 valence electrons. The highest BCUT2D eigenvalue weighted by atomic mass is 28.3. The number of carbonyl (C=O) groups is 1. The lowest BCUT2D eigenvalue weighted by Crippen LogP contribution is -2.36. The van der Waals surface area contributed by atoms with Crippen LogP contribution in [0.3, 0.4) is 0 Å². The van der Waals surface area contributed by atoms with Crippen LogP contribution in [0, 0.1) is 0 Å². The SMILES string of the molecule is COC(=O)CC(C)(N)c1cn(COCC[Si](C)(C)C)nn1. The molecule has 0 spiro atoms. The van der Waals surface area contributed by atoms with E-state index in [1.54, 1.807) is 17.8 Å². The predicted molar refractivity (Wildman–Crippen MR) is 82.3 cm³/mol. The maximum atomic E-state index is 11.3. The molecule has 2 N–H and O–H groups in total. The van der Waals surface area contributed by atoms with Crippen LogP contribution in [0.1, 0.15) is 19.0 Å². The Morgan fingerprint density at radius 3 is 2.71 bits per heavy atom. The second-order valence-electron chi connectivity index (χ2n) is 6.66. The number of hydrogen-bond donors (Lipinski definition) is 1. The first kappa shape index (κ1) is 17.8. The van der Waals surface area contributed by atoms with Gasteiger partial charge in [-0.3, -0.25) is 4.79 Å². The number of esters is 1. The molecule has 0 aliphatic rings. The summed E-state index contributed by atoms with van der Waals surface area (Å²) in [6.45, 7) is 9.69. The Balaban J connectivity index is 2.51. The van der Waals surface area contributed by atoms with E-state index in [0.29, 0.717) is 19.0 Å². The summed E-state index contributed by atoms with van der Waals surface area (Å²) in [6.07, 6.45) is 1.76. The molecule has 1 atom stereocenters. The minimum absolute atomic E-state index is 0.0542. The number of ether oxygens (including phenoxy) is 2. The fourth-order valence-electron chi connectivity index (χ4n) is 1.62. The molecule has 0 bridgehead atoms. The molecule has 0 aliphatic carbocycles. The van der Waals surface area contributed by atoms with Crippen molar-refractivity contribution in [2.45, 2.75) is 51.3 Å². The van der Waals surface area contributed by atoms with E-state index in [9.17, 15) is 4.79 Å². The summed E-state index contributed by atoms with van der Waals surface area (Å²) in [6, 6.07) is 1.10. The van der Waals surface area contributed by atoms with Gasteiger partial charge >= 0.3 is 5.97 Å². The van der Waals surface area contributed by atoms with E-state index >= 15 is 0 Å². The first-order valence-electron chi connectivity index (χ1n) is 6.98. The minimum Gasteiger partial charge on any atom is -0.469 e. The van der Waals surface area contributed by atoms with Crippen molar-refractivity contribution in [3.8, 4) is 0 Å². The van der Waals surface area contributed by atoms with Crippen LogP contribution in [0.2, 0.25) is 25.7 Å². The molecule has 1 rings (SSSR count). The quantitative estimate of drug-likeness (QED) is 0.442. The van der Waals surface area contributed by atoms with Crippen molar-refractivity contribution >= 4 is 14.0 Å². The zero-order valence-electron chi connectivity index (χ0n) is 13.5. The summed E-state index contributed by atoms with van der Waals surface area (Å²) in [7, 11) is 0.251. The van der Waals surface area contributed by atoms with Crippen molar-refractivity contribution in [1.29, 1.82) is 0 Å². The molecule has 21 heavy (non-hydrogen) atoms. The molecular formula is C13H26N4O3Si. The van der Waals surface area contributed by atoms with Crippen molar-refractivity contribution in [2.24, 2.45) is 5.73 Å². The topological polar surface area (TPSA) is 92.3 Å². The van der Waals surface area contributed by atoms with E-state index < -0.39 is 13.6 Å². The Kier molecular flexibility index (Phi) is 6.06. The van der Waals surface area contributed by atoms with E-state index in [4.69, 9.17) is 10.5 Å². The van der Waals surface area contributed by atoms with Crippen molar-refractivity contribution in [3.05, 3.63) is 11.9 Å². The maximum Gasteiger partial charge on any atom is 0.307 e. The minimum atomic E-state index is -1.08. The van der Waals surface area contributed by atoms with Gasteiger partial charge in [0.25, 0.3) is 0 Å². The van der Waals surface area contributed by atoms with Gasteiger partial charge in [-0.15, -0.1) is 5.10 Å². The van der Waals surface area contributed by atoms with Crippen molar-refractivity contribution in [1.82, 2.24) is 15.0 Å². The fraction of sp³-hybridized carbons (Fsp3) is 0.769. The summed E-state index contributed by atoms with van der Waals surface area (Å²) in [4.78, 5) is 11.3. The summed E-state index contributed by atoms with van der Waals surface area (Å²) >= 11 is 0. The third-order valence-corrected chi connectivity index (χ3v) is 4.79. The van der Waals surface area contributed by atoms with Gasteiger partial charge in [0.1, 0.15) is 12.4 Å². The van der Waals surface area contributed by atoms with Crippen molar-refractivity contribution < 1.29 is 14.3 Å². The zero-order valence-corrected chi connectivity index (χ0v) is 14.5. The molecular weight excluding hydrogens is 288 g/mol. The Hall–Kier alpha value is -1.25. The van der Waals surface area contributed by atoms with Crippen LogP contribution in [0.4, 0.5) is 0 Å². The van der Waals surface area contributed by atoms with Gasteiger partial charge in [-0.2, -0.15) is 0 Å². The first-order valence-corrected chi connectivity index (χ1v) is 10.7. The van der Waals surface area contributed by atoms with Crippen LogP contribution >= 0.6 is 0 Å². The molecule has 0 aromatic carbocycles. The summed E-state index contributed by atoms with van der Waals surface area (Å²) < 4.78 is 11.8. The Morgan fingerprint density at radius 2 is 2.14 bits per heavy atom. The molecule has 0 saturated heterocycles. The molecule has 7 nitrogen and oxygen atoms in total. The number of methoxy groups -OCH3 is 1. The van der Waals surface area contributed by atoms with Crippen LogP contribution < -0.4 is 5.73 Å². The molecule has 0 saturated carbocycles. The van der Waals surface area contributed by atoms with Gasteiger partial charge in [0.15, 0.2) is 0 Å². The average molecular weight is 314 g/mol. The Morgan fingerprint density at radius 1 is 1.48 bits per heavy atom. The van der Waals surface area contributed by atoms with Crippen molar-refractivity contribution in [2.75, 3.05) is 13.7 Å². The van der Waals surface area contributed by atoms with Gasteiger partial charge in [0.2, 0.25) is 0 Å². The lowest BCUT2D eigenvalue weighted by Gasteiger charge is -2.19. The summed E-state index contributed by atoms with van der Waals surface area (Å²) in [5, 5.41) is 7.98. The van der Waals surface area contributed by atoms with E-state index in [1.165, 1.54) is 7.11 Å². The molecule has 0 fully saturated rings. The van der Waals surface area contributed by atoms with Crippen LogP contribution in [0.5, 0.6) is 0 Å². The molecule has 1 aromatic rings. The summed E-state index contributed by atoms with van der Waals surface area (Å²) in [5.41, 5.74) is 5.73. The van der Waals surface area contributed by atoms with Gasteiger partial charge < -0.3 is 15.2 Å². The average Bonchev–Trinajstić information content (AvgIpc) is 2.82. The van der Waals surface area contributed by atoms with Crippen molar-refractivity contribution in [3.63, 3.8) is 0 Å². The van der Waals surface area contributed by atoms with Crippen LogP contribution in [0.15, 0.2) is 6.20 Å². The predicted octanol–water partition coefficient (Wildman–Crippen LogP) is 1.33. The number of nitrogens with two attached hydrogens (primary N) is 1. The lowest BCUT2D eigenvalue weighted by atomic mass is 9.96. The van der Waals surface area contributed by atoms with Crippen LogP contribution in [-0.2, 0) is 26.5 Å². The molecule has 1 heterocycles. The molecule has 8 heteroatoms.